The molecular weight excluding hydrogens is 239 g/mol. The van der Waals surface area contributed by atoms with Gasteiger partial charge in [-0.2, -0.15) is 0 Å². The van der Waals surface area contributed by atoms with Crippen LogP contribution < -0.4 is 0 Å². The maximum atomic E-state index is 5.45. The zero-order valence-electron chi connectivity index (χ0n) is 8.95. The Labute approximate surface area is 93.0 Å². The zero-order valence-corrected chi connectivity index (χ0v) is 10.7. The van der Waals surface area contributed by atoms with Crippen LogP contribution in [0.25, 0.3) is 0 Å². The van der Waals surface area contributed by atoms with Crippen molar-refractivity contribution in [2.75, 3.05) is 6.61 Å². The third kappa shape index (κ3) is 3.83. The number of benzene rings is 1. The molecule has 0 amide bonds. The van der Waals surface area contributed by atoms with Crippen LogP contribution in [0, 0.1) is 0 Å². The molecule has 0 aliphatic carbocycles. The van der Waals surface area contributed by atoms with E-state index in [1.165, 1.54) is 22.9 Å². The Morgan fingerprint density at radius 2 is 1.93 bits per heavy atom. The molecule has 0 aliphatic heterocycles. The monoisotopic (exact) mass is 258 g/mol. The van der Waals surface area contributed by atoms with Crippen molar-refractivity contribution in [1.29, 1.82) is 0 Å². The normalized spacial score (nSPS) is 10.4. The van der Waals surface area contributed by atoms with E-state index in [9.17, 15) is 0 Å². The summed E-state index contributed by atoms with van der Waals surface area (Å²) >= 11 is 0.777. The fraction of sp³-hybridized carbons (Fsp3) is 0.500. The van der Waals surface area contributed by atoms with E-state index < -0.39 is 0 Å². The third-order valence-electron chi connectivity index (χ3n) is 2.16. The van der Waals surface area contributed by atoms with Crippen molar-refractivity contribution in [1.82, 2.24) is 0 Å². The van der Waals surface area contributed by atoms with Crippen LogP contribution in [0.5, 0.6) is 0 Å². The molecule has 0 aromatic heterocycles. The first kappa shape index (κ1) is 11.8. The van der Waals surface area contributed by atoms with Gasteiger partial charge in [0.1, 0.15) is 0 Å². The minimum absolute atomic E-state index is 0.767. The summed E-state index contributed by atoms with van der Waals surface area (Å²) in [7, 11) is 0. The molecule has 0 saturated carbocycles. The molecule has 0 bridgehead atoms. The predicted octanol–water partition coefficient (Wildman–Crippen LogP) is 2.94. The SMILES string of the molecule is CCOCc1ccccc1CC[Se]C. The van der Waals surface area contributed by atoms with Gasteiger partial charge in [0.15, 0.2) is 0 Å². The molecule has 0 unspecified atom stereocenters. The first-order valence-electron chi connectivity index (χ1n) is 5.02. The predicted molar refractivity (Wildman–Crippen MR) is 61.9 cm³/mol. The fourth-order valence-corrected chi connectivity index (χ4v) is 2.26. The molecule has 1 aromatic rings. The topological polar surface area (TPSA) is 9.23 Å². The Balaban J connectivity index is 2.60. The molecule has 78 valence electrons. The van der Waals surface area contributed by atoms with Crippen LogP contribution in [-0.2, 0) is 17.8 Å². The third-order valence-corrected chi connectivity index (χ3v) is 3.44. The number of hydrogen-bond acceptors (Lipinski definition) is 1. The average Bonchev–Trinajstić information content (AvgIpc) is 2.24. The van der Waals surface area contributed by atoms with Crippen LogP contribution in [0.3, 0.4) is 0 Å². The standard InChI is InChI=1S/C12H18OSe/c1-3-13-10-12-7-5-4-6-11(12)8-9-14-2/h4-7H,3,8-10H2,1-2H3. The number of ether oxygens (including phenoxy) is 1. The van der Waals surface area contributed by atoms with E-state index in [2.05, 4.69) is 30.1 Å². The second-order valence-corrected chi connectivity index (χ2v) is 5.22. The number of hydrogen-bond donors (Lipinski definition) is 0. The van der Waals surface area contributed by atoms with E-state index in [-0.39, 0.29) is 0 Å². The van der Waals surface area contributed by atoms with Gasteiger partial charge in [-0.1, -0.05) is 0 Å². The fourth-order valence-electron chi connectivity index (χ4n) is 1.37. The van der Waals surface area contributed by atoms with Crippen LogP contribution in [-0.4, -0.2) is 21.6 Å². The molecule has 0 radical (unpaired) electrons. The summed E-state index contributed by atoms with van der Waals surface area (Å²) in [6.07, 6.45) is 1.21. The maximum absolute atomic E-state index is 5.45. The summed E-state index contributed by atoms with van der Waals surface area (Å²) in [6, 6.07) is 8.61. The van der Waals surface area contributed by atoms with Gasteiger partial charge in [-0.05, 0) is 0 Å². The molecule has 1 rings (SSSR count). The van der Waals surface area contributed by atoms with Crippen molar-refractivity contribution in [3.63, 3.8) is 0 Å². The van der Waals surface area contributed by atoms with Crippen LogP contribution >= 0.6 is 0 Å². The number of aryl methyl sites for hydroxylation is 1. The second-order valence-electron chi connectivity index (χ2n) is 3.15. The zero-order chi connectivity index (χ0) is 10.2. The Bertz CT molecular complexity index is 233. The molecule has 1 nitrogen and oxygen atoms in total. The molecule has 2 heteroatoms. The molecule has 1 aromatic carbocycles. The first-order chi connectivity index (χ1) is 6.88. The molecule has 0 saturated heterocycles. The van der Waals surface area contributed by atoms with E-state index in [1.54, 1.807) is 0 Å². The van der Waals surface area contributed by atoms with Gasteiger partial charge in [-0.3, -0.25) is 0 Å². The molecular formula is C12H18OSe. The molecule has 0 fully saturated rings. The van der Waals surface area contributed by atoms with E-state index in [4.69, 9.17) is 4.74 Å². The molecule has 14 heavy (non-hydrogen) atoms. The quantitative estimate of drug-likeness (QED) is 0.712. The summed E-state index contributed by atoms with van der Waals surface area (Å²) in [5.74, 6) is 2.29. The van der Waals surface area contributed by atoms with Crippen molar-refractivity contribution >= 4 is 15.0 Å². The molecule has 0 N–H and O–H groups in total. The first-order valence-corrected chi connectivity index (χ1v) is 7.94. The Hall–Kier alpha value is -0.301. The molecule has 0 aliphatic rings. The van der Waals surface area contributed by atoms with Gasteiger partial charge < -0.3 is 0 Å². The van der Waals surface area contributed by atoms with Gasteiger partial charge in [0.25, 0.3) is 0 Å². The van der Waals surface area contributed by atoms with E-state index in [1.807, 2.05) is 6.92 Å². The Kier molecular flexibility index (Phi) is 5.93. The van der Waals surface area contributed by atoms with Gasteiger partial charge in [-0.15, -0.1) is 0 Å². The Morgan fingerprint density at radius 3 is 2.57 bits per heavy atom. The molecule has 0 heterocycles. The molecule has 0 atom stereocenters. The van der Waals surface area contributed by atoms with Gasteiger partial charge >= 0.3 is 92.8 Å². The van der Waals surface area contributed by atoms with E-state index in [0.717, 1.165) is 28.2 Å². The van der Waals surface area contributed by atoms with Crippen molar-refractivity contribution < 1.29 is 4.74 Å². The van der Waals surface area contributed by atoms with E-state index >= 15 is 0 Å². The Morgan fingerprint density at radius 1 is 1.21 bits per heavy atom. The summed E-state index contributed by atoms with van der Waals surface area (Å²) < 4.78 is 5.45. The molecule has 0 spiro atoms. The average molecular weight is 257 g/mol. The minimum atomic E-state index is 0.767. The van der Waals surface area contributed by atoms with Crippen molar-refractivity contribution in [2.24, 2.45) is 0 Å². The summed E-state index contributed by atoms with van der Waals surface area (Å²) in [5.41, 5.74) is 2.82. The van der Waals surface area contributed by atoms with Crippen molar-refractivity contribution in [3.8, 4) is 0 Å². The van der Waals surface area contributed by atoms with Crippen molar-refractivity contribution in [3.05, 3.63) is 35.4 Å². The van der Waals surface area contributed by atoms with Gasteiger partial charge in [0.2, 0.25) is 0 Å². The van der Waals surface area contributed by atoms with Crippen molar-refractivity contribution in [2.45, 2.75) is 31.1 Å². The van der Waals surface area contributed by atoms with Gasteiger partial charge in [-0.25, -0.2) is 0 Å². The van der Waals surface area contributed by atoms with Crippen LogP contribution in [0.1, 0.15) is 18.1 Å². The summed E-state index contributed by atoms with van der Waals surface area (Å²) in [5, 5.41) is 1.33. The van der Waals surface area contributed by atoms with Crippen LogP contribution in [0.4, 0.5) is 0 Å². The van der Waals surface area contributed by atoms with Gasteiger partial charge in [0, 0.05) is 0 Å². The van der Waals surface area contributed by atoms with Crippen LogP contribution in [0.15, 0.2) is 24.3 Å². The van der Waals surface area contributed by atoms with E-state index in [0.29, 0.717) is 0 Å². The number of rotatable bonds is 6. The summed E-state index contributed by atoms with van der Waals surface area (Å²) in [4.78, 5) is 0. The van der Waals surface area contributed by atoms with Crippen LogP contribution in [0.2, 0.25) is 11.1 Å². The summed E-state index contributed by atoms with van der Waals surface area (Å²) in [6.45, 7) is 3.60. The van der Waals surface area contributed by atoms with Gasteiger partial charge in [0.05, 0.1) is 0 Å². The second kappa shape index (κ2) is 7.05.